The second-order valence-corrected chi connectivity index (χ2v) is 5.43. The number of sulfone groups is 1. The van der Waals surface area contributed by atoms with E-state index in [1.54, 1.807) is 0 Å². The molecule has 0 heterocycles. The van der Waals surface area contributed by atoms with E-state index >= 15 is 0 Å². The van der Waals surface area contributed by atoms with Crippen molar-refractivity contribution in [1.29, 1.82) is 0 Å². The molecule has 86 valence electrons. The fourth-order valence-corrected chi connectivity index (χ4v) is 1.46. The van der Waals surface area contributed by atoms with E-state index in [-0.39, 0.29) is 12.3 Å². The maximum atomic E-state index is 12.4. The van der Waals surface area contributed by atoms with Crippen LogP contribution in [0.2, 0.25) is 0 Å². The van der Waals surface area contributed by atoms with Crippen LogP contribution in [0.1, 0.15) is 6.42 Å². The third kappa shape index (κ3) is 8.33. The Morgan fingerprint density at radius 2 is 2.00 bits per heavy atom. The molecule has 0 atom stereocenters. The lowest BCUT2D eigenvalue weighted by molar-refractivity contribution is -0.0473. The molecule has 0 aromatic heterocycles. The van der Waals surface area contributed by atoms with Crippen molar-refractivity contribution in [3.63, 3.8) is 0 Å². The smallest absolute Gasteiger partial charge is 0.282 e. The number of hydrogen-bond acceptors (Lipinski definition) is 4. The lowest BCUT2D eigenvalue weighted by Crippen LogP contribution is -2.36. The van der Waals surface area contributed by atoms with Crippen LogP contribution in [-0.4, -0.2) is 51.2 Å². The Hall–Kier alpha value is -0.270. The third-order valence-electron chi connectivity index (χ3n) is 1.48. The molecule has 4 nitrogen and oxygen atoms in total. The number of nitrogens with one attached hydrogen (secondary N) is 1. The van der Waals surface area contributed by atoms with E-state index in [0.29, 0.717) is 6.42 Å². The zero-order chi connectivity index (χ0) is 11.2. The van der Waals surface area contributed by atoms with Crippen LogP contribution in [0.3, 0.4) is 0 Å². The molecular formula is C7H15F2NO3S. The molecule has 14 heavy (non-hydrogen) atoms. The largest absolute Gasteiger partial charge is 0.390 e. The van der Waals surface area contributed by atoms with E-state index in [1.807, 2.05) is 0 Å². The first-order chi connectivity index (χ1) is 6.27. The Morgan fingerprint density at radius 3 is 2.43 bits per heavy atom. The molecule has 0 fully saturated rings. The molecule has 0 aliphatic rings. The van der Waals surface area contributed by atoms with Gasteiger partial charge in [-0.3, -0.25) is 0 Å². The van der Waals surface area contributed by atoms with Crippen molar-refractivity contribution in [3.05, 3.63) is 0 Å². The Bertz CT molecular complexity index is 254. The van der Waals surface area contributed by atoms with E-state index < -0.39 is 28.9 Å². The van der Waals surface area contributed by atoms with Gasteiger partial charge in [0.15, 0.2) is 0 Å². The molecule has 0 radical (unpaired) electrons. The van der Waals surface area contributed by atoms with Crippen molar-refractivity contribution >= 4 is 9.84 Å². The van der Waals surface area contributed by atoms with Gasteiger partial charge in [-0.25, -0.2) is 17.2 Å². The minimum atomic E-state index is -3.13. The second-order valence-electron chi connectivity index (χ2n) is 3.17. The van der Waals surface area contributed by atoms with Gasteiger partial charge in [-0.05, 0) is 13.0 Å². The van der Waals surface area contributed by atoms with Crippen molar-refractivity contribution in [3.8, 4) is 0 Å². The third-order valence-corrected chi connectivity index (χ3v) is 2.51. The summed E-state index contributed by atoms with van der Waals surface area (Å²) < 4.78 is 46.0. The number of alkyl halides is 2. The highest BCUT2D eigenvalue weighted by atomic mass is 32.2. The molecule has 0 saturated carbocycles. The fourth-order valence-electron chi connectivity index (χ4n) is 0.787. The van der Waals surface area contributed by atoms with Gasteiger partial charge in [-0.1, -0.05) is 0 Å². The molecule has 0 spiro atoms. The highest BCUT2D eigenvalue weighted by molar-refractivity contribution is 7.90. The molecule has 0 amide bonds. The van der Waals surface area contributed by atoms with Crippen LogP contribution in [-0.2, 0) is 9.84 Å². The van der Waals surface area contributed by atoms with Crippen LogP contribution in [0.4, 0.5) is 8.78 Å². The molecule has 0 rings (SSSR count). The van der Waals surface area contributed by atoms with Gasteiger partial charge in [0.25, 0.3) is 5.92 Å². The number of aliphatic hydroxyl groups is 1. The quantitative estimate of drug-likeness (QED) is 0.587. The summed E-state index contributed by atoms with van der Waals surface area (Å²) in [6.07, 6.45) is 1.38. The molecule has 0 aliphatic carbocycles. The first kappa shape index (κ1) is 13.7. The summed E-state index contributed by atoms with van der Waals surface area (Å²) in [6, 6.07) is 0. The molecule has 0 aromatic carbocycles. The van der Waals surface area contributed by atoms with Gasteiger partial charge in [0.1, 0.15) is 16.4 Å². The second kappa shape index (κ2) is 5.57. The number of aliphatic hydroxyl groups excluding tert-OH is 1. The van der Waals surface area contributed by atoms with Gasteiger partial charge in [0.2, 0.25) is 0 Å². The highest BCUT2D eigenvalue weighted by Crippen LogP contribution is 2.09. The first-order valence-corrected chi connectivity index (χ1v) is 6.20. The summed E-state index contributed by atoms with van der Waals surface area (Å²) in [5.74, 6) is -3.16. The van der Waals surface area contributed by atoms with E-state index in [0.717, 1.165) is 6.26 Å². The Morgan fingerprint density at radius 1 is 1.43 bits per heavy atom. The summed E-state index contributed by atoms with van der Waals surface area (Å²) >= 11 is 0. The maximum Gasteiger partial charge on any atom is 0.282 e. The molecular weight excluding hydrogens is 216 g/mol. The predicted octanol–water partition coefficient (Wildman–Crippen LogP) is -0.362. The summed E-state index contributed by atoms with van der Waals surface area (Å²) in [5, 5.41) is 10.6. The molecule has 0 bridgehead atoms. The summed E-state index contributed by atoms with van der Waals surface area (Å²) in [7, 11) is -3.02. The minimum Gasteiger partial charge on any atom is -0.390 e. The first-order valence-electron chi connectivity index (χ1n) is 4.14. The van der Waals surface area contributed by atoms with E-state index in [4.69, 9.17) is 5.11 Å². The van der Waals surface area contributed by atoms with Crippen LogP contribution in [0.25, 0.3) is 0 Å². The summed E-state index contributed by atoms with van der Waals surface area (Å²) in [5.41, 5.74) is 0. The lowest BCUT2D eigenvalue weighted by Gasteiger charge is -2.13. The minimum absolute atomic E-state index is 0.0231. The number of hydrogen-bond donors (Lipinski definition) is 2. The van der Waals surface area contributed by atoms with Crippen molar-refractivity contribution in [2.24, 2.45) is 0 Å². The molecule has 0 saturated heterocycles. The van der Waals surface area contributed by atoms with Crippen LogP contribution < -0.4 is 5.32 Å². The van der Waals surface area contributed by atoms with Gasteiger partial charge in [-0.15, -0.1) is 0 Å². The monoisotopic (exact) mass is 231 g/mol. The van der Waals surface area contributed by atoms with Crippen LogP contribution in [0.5, 0.6) is 0 Å². The Labute approximate surface area is 82.2 Å². The van der Waals surface area contributed by atoms with Crippen molar-refractivity contribution in [2.45, 2.75) is 12.3 Å². The Kier molecular flexibility index (Phi) is 5.46. The SMILES string of the molecule is CS(=O)(=O)CCCNCC(F)(F)CO. The Balaban J connectivity index is 3.49. The average molecular weight is 231 g/mol. The van der Waals surface area contributed by atoms with Gasteiger partial charge in [-0.2, -0.15) is 0 Å². The van der Waals surface area contributed by atoms with Crippen molar-refractivity contribution < 1.29 is 22.3 Å². The molecule has 0 aromatic rings. The topological polar surface area (TPSA) is 66.4 Å². The normalized spacial score (nSPS) is 13.1. The van der Waals surface area contributed by atoms with Gasteiger partial charge in [0.05, 0.1) is 12.3 Å². The van der Waals surface area contributed by atoms with Crippen LogP contribution in [0.15, 0.2) is 0 Å². The zero-order valence-electron chi connectivity index (χ0n) is 7.96. The molecule has 7 heteroatoms. The van der Waals surface area contributed by atoms with E-state index in [2.05, 4.69) is 5.32 Å². The maximum absolute atomic E-state index is 12.4. The zero-order valence-corrected chi connectivity index (χ0v) is 8.78. The molecule has 2 N–H and O–H groups in total. The molecule has 0 unspecified atom stereocenters. The van der Waals surface area contributed by atoms with Crippen molar-refractivity contribution in [1.82, 2.24) is 5.32 Å². The van der Waals surface area contributed by atoms with Crippen LogP contribution in [0, 0.1) is 0 Å². The molecule has 0 aliphatic heterocycles. The summed E-state index contributed by atoms with van der Waals surface area (Å²) in [6.45, 7) is -1.64. The van der Waals surface area contributed by atoms with E-state index in [9.17, 15) is 17.2 Å². The predicted molar refractivity (Wildman–Crippen MR) is 49.2 cm³/mol. The van der Waals surface area contributed by atoms with E-state index in [1.165, 1.54) is 0 Å². The number of halogens is 2. The summed E-state index contributed by atoms with van der Waals surface area (Å²) in [4.78, 5) is 0. The van der Waals surface area contributed by atoms with Crippen LogP contribution >= 0.6 is 0 Å². The van der Waals surface area contributed by atoms with Gasteiger partial charge < -0.3 is 10.4 Å². The van der Waals surface area contributed by atoms with Gasteiger partial charge in [0, 0.05) is 6.26 Å². The fraction of sp³-hybridized carbons (Fsp3) is 1.00. The van der Waals surface area contributed by atoms with Crippen molar-refractivity contribution in [2.75, 3.05) is 31.7 Å². The average Bonchev–Trinajstić information content (AvgIpc) is 2.01. The standard InChI is InChI=1S/C7H15F2NO3S/c1-14(12,13)4-2-3-10-5-7(8,9)6-11/h10-11H,2-6H2,1H3. The highest BCUT2D eigenvalue weighted by Gasteiger charge is 2.26. The number of rotatable bonds is 7. The van der Waals surface area contributed by atoms with Gasteiger partial charge >= 0.3 is 0 Å². The lowest BCUT2D eigenvalue weighted by atomic mass is 10.3.